The molecule has 5 rings (SSSR count). The molecular formula is C23H13Cl2F3N6. The number of alkyl halides is 3. The fourth-order valence-corrected chi connectivity index (χ4v) is 4.08. The maximum atomic E-state index is 14.6. The molecule has 1 atom stereocenters. The topological polar surface area (TPSA) is 90.5 Å². The van der Waals surface area contributed by atoms with Gasteiger partial charge in [-0.1, -0.05) is 35.3 Å². The van der Waals surface area contributed by atoms with Crippen LogP contribution in [0.2, 0.25) is 10.2 Å². The molecule has 0 radical (unpaired) electrons. The van der Waals surface area contributed by atoms with E-state index >= 15 is 0 Å². The Morgan fingerprint density at radius 1 is 0.882 bits per heavy atom. The van der Waals surface area contributed by atoms with Crippen molar-refractivity contribution in [2.24, 2.45) is 0 Å². The van der Waals surface area contributed by atoms with Crippen LogP contribution < -0.4 is 5.73 Å². The molecule has 4 heterocycles. The van der Waals surface area contributed by atoms with Crippen LogP contribution >= 0.6 is 23.2 Å². The van der Waals surface area contributed by atoms with Gasteiger partial charge in [-0.2, -0.15) is 13.2 Å². The molecule has 34 heavy (non-hydrogen) atoms. The molecule has 0 aliphatic heterocycles. The van der Waals surface area contributed by atoms with Gasteiger partial charge in [0.2, 0.25) is 0 Å². The zero-order chi connectivity index (χ0) is 24.0. The van der Waals surface area contributed by atoms with E-state index in [9.17, 15) is 13.2 Å². The van der Waals surface area contributed by atoms with Crippen molar-refractivity contribution in [3.05, 3.63) is 82.5 Å². The van der Waals surface area contributed by atoms with E-state index in [1.807, 2.05) is 0 Å². The fourth-order valence-electron chi connectivity index (χ4n) is 3.75. The van der Waals surface area contributed by atoms with Crippen molar-refractivity contribution in [1.82, 2.24) is 24.9 Å². The summed E-state index contributed by atoms with van der Waals surface area (Å²) >= 11 is 12.2. The van der Waals surface area contributed by atoms with Gasteiger partial charge in [-0.25, -0.2) is 19.9 Å². The summed E-state index contributed by atoms with van der Waals surface area (Å²) in [5.74, 6) is -2.90. The number of nitrogens with zero attached hydrogens (tertiary/aromatic N) is 5. The molecule has 0 spiro atoms. The standard InChI is InChI=1S/C23H13Cl2F3N6/c24-14-4-1-3-11-9-13(18(33-19(11)14)12-6-7-16(25)31-10-12)17(23(26,27)28)22-32-15-5-2-8-30-20(15)21(29)34-22/h1-10,17H,(H2,29,32,34)/t17-/m1/s1. The molecule has 0 unspecified atom stereocenters. The van der Waals surface area contributed by atoms with Gasteiger partial charge in [-0.05, 0) is 42.0 Å². The van der Waals surface area contributed by atoms with Crippen molar-refractivity contribution in [2.75, 3.05) is 5.73 Å². The van der Waals surface area contributed by atoms with Crippen molar-refractivity contribution in [2.45, 2.75) is 12.1 Å². The minimum Gasteiger partial charge on any atom is -0.382 e. The van der Waals surface area contributed by atoms with E-state index in [1.54, 1.807) is 24.3 Å². The summed E-state index contributed by atoms with van der Waals surface area (Å²) < 4.78 is 43.9. The van der Waals surface area contributed by atoms with E-state index in [0.717, 1.165) is 0 Å². The maximum Gasteiger partial charge on any atom is 0.402 e. The van der Waals surface area contributed by atoms with E-state index in [2.05, 4.69) is 24.9 Å². The molecule has 0 amide bonds. The number of pyridine rings is 3. The second-order valence-corrected chi connectivity index (χ2v) is 8.21. The van der Waals surface area contributed by atoms with Crippen molar-refractivity contribution in [1.29, 1.82) is 0 Å². The van der Waals surface area contributed by atoms with Crippen LogP contribution in [-0.2, 0) is 0 Å². The monoisotopic (exact) mass is 500 g/mol. The molecule has 170 valence electrons. The lowest BCUT2D eigenvalue weighted by Crippen LogP contribution is -2.25. The van der Waals surface area contributed by atoms with Crippen LogP contribution in [0.4, 0.5) is 19.0 Å². The number of aromatic nitrogens is 5. The highest BCUT2D eigenvalue weighted by molar-refractivity contribution is 6.35. The lowest BCUT2D eigenvalue weighted by atomic mass is 9.91. The van der Waals surface area contributed by atoms with Crippen LogP contribution in [0.1, 0.15) is 17.3 Å². The van der Waals surface area contributed by atoms with Gasteiger partial charge in [0.1, 0.15) is 22.4 Å². The maximum absolute atomic E-state index is 14.6. The summed E-state index contributed by atoms with van der Waals surface area (Å²) in [6.45, 7) is 0. The quantitative estimate of drug-likeness (QED) is 0.296. The predicted molar refractivity (Wildman–Crippen MR) is 125 cm³/mol. The molecule has 0 aliphatic carbocycles. The predicted octanol–water partition coefficient (Wildman–Crippen LogP) is 6.22. The average molecular weight is 501 g/mol. The lowest BCUT2D eigenvalue weighted by molar-refractivity contribution is -0.142. The SMILES string of the molecule is Nc1nc([C@@H](c2cc3cccc(Cl)c3nc2-c2ccc(Cl)nc2)C(F)(F)F)nc2cccnc12. The van der Waals surface area contributed by atoms with Crippen LogP contribution in [0, 0.1) is 0 Å². The van der Waals surface area contributed by atoms with Crippen LogP contribution in [0.5, 0.6) is 0 Å². The van der Waals surface area contributed by atoms with Crippen molar-refractivity contribution < 1.29 is 13.2 Å². The summed E-state index contributed by atoms with van der Waals surface area (Å²) in [5.41, 5.74) is 6.90. The van der Waals surface area contributed by atoms with Gasteiger partial charge < -0.3 is 5.73 Å². The molecule has 0 saturated heterocycles. The van der Waals surface area contributed by atoms with Gasteiger partial charge in [-0.3, -0.25) is 4.98 Å². The lowest BCUT2D eigenvalue weighted by Gasteiger charge is -2.23. The van der Waals surface area contributed by atoms with Gasteiger partial charge in [0.05, 0.1) is 21.7 Å². The molecule has 0 fully saturated rings. The number of para-hydroxylation sites is 1. The number of fused-ring (bicyclic) bond motifs is 2. The number of nitrogen functional groups attached to an aromatic ring is 1. The number of halogens is 5. The molecule has 11 heteroatoms. The zero-order valence-corrected chi connectivity index (χ0v) is 18.6. The van der Waals surface area contributed by atoms with Crippen LogP contribution in [0.3, 0.4) is 0 Å². The molecule has 0 aliphatic rings. The molecule has 6 nitrogen and oxygen atoms in total. The first-order chi connectivity index (χ1) is 16.2. The summed E-state index contributed by atoms with van der Waals surface area (Å²) in [5, 5.41) is 0.917. The van der Waals surface area contributed by atoms with E-state index in [-0.39, 0.29) is 33.3 Å². The van der Waals surface area contributed by atoms with Crippen LogP contribution in [0.15, 0.2) is 60.9 Å². The largest absolute Gasteiger partial charge is 0.402 e. The zero-order valence-electron chi connectivity index (χ0n) is 17.1. The summed E-state index contributed by atoms with van der Waals surface area (Å²) in [6, 6.07) is 12.4. The normalized spacial score (nSPS) is 12.9. The summed E-state index contributed by atoms with van der Waals surface area (Å²) in [6.07, 6.45) is -1.96. The third kappa shape index (κ3) is 3.97. The Bertz CT molecular complexity index is 1540. The second kappa shape index (κ2) is 8.34. The number of hydrogen-bond donors (Lipinski definition) is 1. The summed E-state index contributed by atoms with van der Waals surface area (Å²) in [7, 11) is 0. The first-order valence-corrected chi connectivity index (χ1v) is 10.6. The van der Waals surface area contributed by atoms with E-state index in [4.69, 9.17) is 28.9 Å². The van der Waals surface area contributed by atoms with E-state index < -0.39 is 17.9 Å². The molecule has 4 aromatic heterocycles. The van der Waals surface area contributed by atoms with E-state index in [0.29, 0.717) is 21.5 Å². The second-order valence-electron chi connectivity index (χ2n) is 7.42. The molecule has 0 saturated carbocycles. The Morgan fingerprint density at radius 3 is 2.44 bits per heavy atom. The molecule has 2 N–H and O–H groups in total. The van der Waals surface area contributed by atoms with Crippen LogP contribution in [-0.4, -0.2) is 31.1 Å². The average Bonchev–Trinajstić information content (AvgIpc) is 2.79. The summed E-state index contributed by atoms with van der Waals surface area (Å²) in [4.78, 5) is 20.7. The molecule has 0 bridgehead atoms. The third-order valence-corrected chi connectivity index (χ3v) is 5.75. The first kappa shape index (κ1) is 22.2. The number of hydrogen-bond acceptors (Lipinski definition) is 6. The number of anilines is 1. The smallest absolute Gasteiger partial charge is 0.382 e. The molecular weight excluding hydrogens is 488 g/mol. The Balaban J connectivity index is 1.84. The Kier molecular flexibility index (Phi) is 5.45. The Morgan fingerprint density at radius 2 is 1.71 bits per heavy atom. The van der Waals surface area contributed by atoms with Crippen molar-refractivity contribution >= 4 is 51.0 Å². The highest BCUT2D eigenvalue weighted by atomic mass is 35.5. The Labute approximate surface area is 200 Å². The highest BCUT2D eigenvalue weighted by Gasteiger charge is 2.46. The number of nitrogens with two attached hydrogens (primary N) is 1. The van der Waals surface area contributed by atoms with E-state index in [1.165, 1.54) is 36.7 Å². The van der Waals surface area contributed by atoms with Crippen LogP contribution in [0.25, 0.3) is 33.2 Å². The van der Waals surface area contributed by atoms with Gasteiger partial charge >= 0.3 is 6.18 Å². The van der Waals surface area contributed by atoms with Gasteiger partial charge in [0.25, 0.3) is 0 Å². The third-order valence-electron chi connectivity index (χ3n) is 5.22. The Hall–Kier alpha value is -3.56. The highest BCUT2D eigenvalue weighted by Crippen LogP contribution is 2.44. The molecule has 1 aromatic carbocycles. The number of rotatable bonds is 3. The fraction of sp³-hybridized carbons (Fsp3) is 0.0870. The number of benzene rings is 1. The van der Waals surface area contributed by atoms with Gasteiger partial charge in [-0.15, -0.1) is 0 Å². The van der Waals surface area contributed by atoms with Gasteiger partial charge in [0, 0.05) is 23.3 Å². The molecule has 5 aromatic rings. The van der Waals surface area contributed by atoms with Crippen molar-refractivity contribution in [3.63, 3.8) is 0 Å². The van der Waals surface area contributed by atoms with Crippen molar-refractivity contribution in [3.8, 4) is 11.3 Å². The van der Waals surface area contributed by atoms with Gasteiger partial charge in [0.15, 0.2) is 5.82 Å². The minimum atomic E-state index is -4.77. The first-order valence-electron chi connectivity index (χ1n) is 9.88. The minimum absolute atomic E-state index is 0.0283.